The number of aryl methyl sites for hydroxylation is 2. The minimum Gasteiger partial charge on any atom is -0.351 e. The Kier molecular flexibility index (Phi) is 5.67. The van der Waals surface area contributed by atoms with Crippen molar-refractivity contribution in [2.75, 3.05) is 11.4 Å². The molecule has 0 spiro atoms. The lowest BCUT2D eigenvalue weighted by molar-refractivity contribution is -0.126. The molecule has 1 aliphatic rings. The summed E-state index contributed by atoms with van der Waals surface area (Å²) in [6, 6.07) is 0. The summed E-state index contributed by atoms with van der Waals surface area (Å²) in [6.45, 7) is 8.93. The van der Waals surface area contributed by atoms with E-state index >= 15 is 0 Å². The van der Waals surface area contributed by atoms with Gasteiger partial charge in [-0.25, -0.2) is 4.98 Å². The number of nitrogens with one attached hydrogen (secondary N) is 1. The van der Waals surface area contributed by atoms with Gasteiger partial charge in [0.2, 0.25) is 16.9 Å². The van der Waals surface area contributed by atoms with Gasteiger partial charge in [-0.05, 0) is 13.3 Å². The van der Waals surface area contributed by atoms with Gasteiger partial charge < -0.3 is 5.32 Å². The van der Waals surface area contributed by atoms with Crippen LogP contribution in [0.5, 0.6) is 0 Å². The van der Waals surface area contributed by atoms with E-state index in [9.17, 15) is 9.59 Å². The second-order valence-corrected chi connectivity index (χ2v) is 8.93. The Morgan fingerprint density at radius 3 is 2.77 bits per heavy atom. The van der Waals surface area contributed by atoms with Gasteiger partial charge in [-0.1, -0.05) is 32.1 Å². The van der Waals surface area contributed by atoms with Crippen LogP contribution in [0.1, 0.15) is 53.7 Å². The standard InChI is InChI=1S/C17H23N5O2S2/c1-5-12-13(25-10(4)19-12)7-18-15(24)11-6-14(23)22(8-11)17-21-20-16(26-17)9(2)3/h9,11H,5-8H2,1-4H3,(H,18,24). The molecular weight excluding hydrogens is 370 g/mol. The van der Waals surface area contributed by atoms with Gasteiger partial charge in [0.15, 0.2) is 0 Å². The molecule has 140 valence electrons. The number of aromatic nitrogens is 3. The third-order valence-corrected chi connectivity index (χ3v) is 6.55. The molecule has 1 fully saturated rings. The molecule has 7 nitrogen and oxygen atoms in total. The molecule has 0 radical (unpaired) electrons. The van der Waals surface area contributed by atoms with Crippen LogP contribution in [-0.2, 0) is 22.6 Å². The van der Waals surface area contributed by atoms with Gasteiger partial charge in [0.1, 0.15) is 5.01 Å². The first-order valence-corrected chi connectivity index (χ1v) is 10.4. The molecule has 9 heteroatoms. The number of carbonyl (C=O) groups excluding carboxylic acids is 2. The largest absolute Gasteiger partial charge is 0.351 e. The first-order chi connectivity index (χ1) is 12.4. The summed E-state index contributed by atoms with van der Waals surface area (Å²) in [6.07, 6.45) is 1.06. The van der Waals surface area contributed by atoms with E-state index in [4.69, 9.17) is 0 Å². The molecule has 2 aromatic heterocycles. The lowest BCUT2D eigenvalue weighted by Gasteiger charge is -2.12. The molecule has 1 aliphatic heterocycles. The first kappa shape index (κ1) is 18.9. The Bertz CT molecular complexity index is 814. The van der Waals surface area contributed by atoms with Gasteiger partial charge in [-0.15, -0.1) is 21.5 Å². The van der Waals surface area contributed by atoms with E-state index in [1.54, 1.807) is 16.2 Å². The fourth-order valence-corrected chi connectivity index (χ4v) is 4.71. The van der Waals surface area contributed by atoms with Gasteiger partial charge in [0, 0.05) is 23.8 Å². The Morgan fingerprint density at radius 1 is 1.35 bits per heavy atom. The maximum absolute atomic E-state index is 12.5. The van der Waals surface area contributed by atoms with Crippen molar-refractivity contribution in [3.8, 4) is 0 Å². The number of carbonyl (C=O) groups is 2. The molecule has 1 N–H and O–H groups in total. The topological polar surface area (TPSA) is 88.1 Å². The van der Waals surface area contributed by atoms with Crippen LogP contribution in [0.3, 0.4) is 0 Å². The average molecular weight is 394 g/mol. The molecule has 0 aromatic carbocycles. The van der Waals surface area contributed by atoms with Gasteiger partial charge in [-0.2, -0.15) is 0 Å². The summed E-state index contributed by atoms with van der Waals surface area (Å²) in [4.78, 5) is 32.0. The van der Waals surface area contributed by atoms with E-state index in [1.807, 2.05) is 20.8 Å². The highest BCUT2D eigenvalue weighted by atomic mass is 32.1. The molecule has 0 saturated carbocycles. The third kappa shape index (κ3) is 3.93. The Hall–Kier alpha value is -1.87. The zero-order valence-electron chi connectivity index (χ0n) is 15.4. The quantitative estimate of drug-likeness (QED) is 0.815. The fourth-order valence-electron chi connectivity index (χ4n) is 2.88. The van der Waals surface area contributed by atoms with Crippen LogP contribution in [0, 0.1) is 12.8 Å². The van der Waals surface area contributed by atoms with E-state index in [2.05, 4.69) is 27.4 Å². The van der Waals surface area contributed by atoms with Crippen molar-refractivity contribution in [3.05, 3.63) is 20.6 Å². The highest BCUT2D eigenvalue weighted by Gasteiger charge is 2.36. The van der Waals surface area contributed by atoms with Crippen LogP contribution in [0.25, 0.3) is 0 Å². The predicted molar refractivity (Wildman–Crippen MR) is 103 cm³/mol. The molecular formula is C17H23N5O2S2. The van der Waals surface area contributed by atoms with Gasteiger partial charge in [0.25, 0.3) is 0 Å². The lowest BCUT2D eigenvalue weighted by atomic mass is 10.1. The Balaban J connectivity index is 1.61. The van der Waals surface area contributed by atoms with Crippen LogP contribution < -0.4 is 10.2 Å². The number of amides is 2. The number of hydrogen-bond acceptors (Lipinski definition) is 7. The van der Waals surface area contributed by atoms with Crippen molar-refractivity contribution in [1.29, 1.82) is 0 Å². The lowest BCUT2D eigenvalue weighted by Crippen LogP contribution is -2.32. The van der Waals surface area contributed by atoms with Crippen LogP contribution in [0.4, 0.5) is 5.13 Å². The molecule has 26 heavy (non-hydrogen) atoms. The van der Waals surface area contributed by atoms with E-state index < -0.39 is 0 Å². The van der Waals surface area contributed by atoms with Crippen molar-refractivity contribution in [2.24, 2.45) is 5.92 Å². The second kappa shape index (κ2) is 7.79. The normalized spacial score (nSPS) is 17.3. The maximum atomic E-state index is 12.5. The minimum atomic E-state index is -0.354. The van der Waals surface area contributed by atoms with Gasteiger partial charge >= 0.3 is 0 Å². The molecule has 3 heterocycles. The fraction of sp³-hybridized carbons (Fsp3) is 0.588. The smallest absolute Gasteiger partial charge is 0.229 e. The van der Waals surface area contributed by atoms with E-state index in [0.29, 0.717) is 18.2 Å². The Morgan fingerprint density at radius 2 is 2.12 bits per heavy atom. The SMILES string of the molecule is CCc1nc(C)sc1CNC(=O)C1CC(=O)N(c2nnc(C(C)C)s2)C1. The monoisotopic (exact) mass is 393 g/mol. The van der Waals surface area contributed by atoms with E-state index in [1.165, 1.54) is 11.3 Å². The third-order valence-electron chi connectivity index (χ3n) is 4.29. The first-order valence-electron chi connectivity index (χ1n) is 8.75. The summed E-state index contributed by atoms with van der Waals surface area (Å²) in [7, 11) is 0. The maximum Gasteiger partial charge on any atom is 0.229 e. The van der Waals surface area contributed by atoms with E-state index in [-0.39, 0.29) is 30.1 Å². The van der Waals surface area contributed by atoms with Crippen LogP contribution in [0.2, 0.25) is 0 Å². The minimum absolute atomic E-state index is 0.0699. The van der Waals surface area contributed by atoms with Crippen molar-refractivity contribution < 1.29 is 9.59 Å². The van der Waals surface area contributed by atoms with Gasteiger partial charge in [-0.3, -0.25) is 14.5 Å². The summed E-state index contributed by atoms with van der Waals surface area (Å²) in [5, 5.41) is 13.7. The highest BCUT2D eigenvalue weighted by molar-refractivity contribution is 7.15. The van der Waals surface area contributed by atoms with Gasteiger partial charge in [0.05, 0.1) is 23.2 Å². The number of rotatable bonds is 6. The number of anilines is 1. The van der Waals surface area contributed by atoms with Crippen molar-refractivity contribution in [3.63, 3.8) is 0 Å². The van der Waals surface area contributed by atoms with Crippen molar-refractivity contribution >= 4 is 39.6 Å². The summed E-state index contributed by atoms with van der Waals surface area (Å²) in [5.74, 6) is -0.247. The molecule has 1 saturated heterocycles. The number of thiazole rings is 1. The van der Waals surface area contributed by atoms with Crippen molar-refractivity contribution in [2.45, 2.75) is 53.0 Å². The molecule has 3 rings (SSSR count). The predicted octanol–water partition coefficient (Wildman–Crippen LogP) is 2.66. The molecule has 1 atom stereocenters. The van der Waals surface area contributed by atoms with Crippen LogP contribution in [-0.4, -0.2) is 33.5 Å². The summed E-state index contributed by atoms with van der Waals surface area (Å²) in [5.41, 5.74) is 1.03. The molecule has 0 bridgehead atoms. The number of hydrogen-bond donors (Lipinski definition) is 1. The summed E-state index contributed by atoms with van der Waals surface area (Å²) < 4.78 is 0. The average Bonchev–Trinajstić information content (AvgIpc) is 3.30. The molecule has 2 amide bonds. The highest BCUT2D eigenvalue weighted by Crippen LogP contribution is 2.30. The van der Waals surface area contributed by atoms with Crippen LogP contribution in [0.15, 0.2) is 0 Å². The summed E-state index contributed by atoms with van der Waals surface area (Å²) >= 11 is 3.03. The molecule has 2 aromatic rings. The molecule has 0 aliphatic carbocycles. The zero-order chi connectivity index (χ0) is 18.8. The Labute approximate surface area is 160 Å². The molecule has 1 unspecified atom stereocenters. The number of nitrogens with zero attached hydrogens (tertiary/aromatic N) is 4. The second-order valence-electron chi connectivity index (χ2n) is 6.66. The van der Waals surface area contributed by atoms with E-state index in [0.717, 1.165) is 27.0 Å². The van der Waals surface area contributed by atoms with Crippen molar-refractivity contribution in [1.82, 2.24) is 20.5 Å². The zero-order valence-corrected chi connectivity index (χ0v) is 17.0. The van der Waals surface area contributed by atoms with Crippen LogP contribution >= 0.6 is 22.7 Å².